The molecular formula is C21H22BrN3O2S. The van der Waals surface area contributed by atoms with Crippen LogP contribution in [-0.4, -0.2) is 27.4 Å². The van der Waals surface area contributed by atoms with Gasteiger partial charge >= 0.3 is 0 Å². The van der Waals surface area contributed by atoms with Crippen LogP contribution in [0.15, 0.2) is 33.5 Å². The molecule has 0 radical (unpaired) electrons. The van der Waals surface area contributed by atoms with Crippen LogP contribution in [0.2, 0.25) is 0 Å². The Balaban J connectivity index is 1.69. The van der Waals surface area contributed by atoms with Crippen molar-refractivity contribution < 1.29 is 4.79 Å². The van der Waals surface area contributed by atoms with Crippen LogP contribution in [0.1, 0.15) is 45.9 Å². The predicted molar refractivity (Wildman–Crippen MR) is 116 cm³/mol. The lowest BCUT2D eigenvalue weighted by Gasteiger charge is -2.17. The number of benzene rings is 1. The molecule has 4 rings (SSSR count). The van der Waals surface area contributed by atoms with Gasteiger partial charge in [-0.05, 0) is 43.0 Å². The van der Waals surface area contributed by atoms with Crippen molar-refractivity contribution in [2.24, 2.45) is 0 Å². The molecule has 0 unspecified atom stereocenters. The van der Waals surface area contributed by atoms with Gasteiger partial charge in [-0.1, -0.05) is 34.5 Å². The second-order valence-corrected chi connectivity index (χ2v) is 9.23. The zero-order valence-corrected chi connectivity index (χ0v) is 18.4. The Kier molecular flexibility index (Phi) is 5.38. The van der Waals surface area contributed by atoms with Crippen LogP contribution in [0.4, 0.5) is 0 Å². The van der Waals surface area contributed by atoms with Gasteiger partial charge in [0.25, 0.3) is 11.5 Å². The lowest BCUT2D eigenvalue weighted by Crippen LogP contribution is -2.26. The number of amides is 1. The summed E-state index contributed by atoms with van der Waals surface area (Å²) in [6, 6.07) is 7.93. The van der Waals surface area contributed by atoms with Gasteiger partial charge in [0.1, 0.15) is 10.7 Å². The first kappa shape index (κ1) is 19.3. The molecule has 1 aromatic carbocycles. The Morgan fingerprint density at radius 2 is 2.00 bits per heavy atom. The summed E-state index contributed by atoms with van der Waals surface area (Å²) in [6.45, 7) is 3.11. The molecule has 3 aromatic rings. The number of halogens is 1. The molecule has 0 fully saturated rings. The monoisotopic (exact) mass is 459 g/mol. The van der Waals surface area contributed by atoms with E-state index in [0.717, 1.165) is 53.7 Å². The van der Waals surface area contributed by atoms with Gasteiger partial charge in [0.2, 0.25) is 0 Å². The van der Waals surface area contributed by atoms with Crippen molar-refractivity contribution in [2.45, 2.75) is 45.7 Å². The highest BCUT2D eigenvalue weighted by Crippen LogP contribution is 2.29. The van der Waals surface area contributed by atoms with E-state index in [-0.39, 0.29) is 11.5 Å². The topological polar surface area (TPSA) is 55.2 Å². The van der Waals surface area contributed by atoms with Crippen LogP contribution in [0.3, 0.4) is 0 Å². The lowest BCUT2D eigenvalue weighted by molar-refractivity contribution is 0.0789. The minimum absolute atomic E-state index is 0.00487. The Bertz CT molecular complexity index is 1100. The van der Waals surface area contributed by atoms with Crippen LogP contribution in [-0.2, 0) is 19.5 Å². The summed E-state index contributed by atoms with van der Waals surface area (Å²) in [5.74, 6) is 0.793. The average molecular weight is 460 g/mol. The first-order valence-electron chi connectivity index (χ1n) is 9.48. The molecule has 5 nitrogen and oxygen atoms in total. The van der Waals surface area contributed by atoms with Crippen molar-refractivity contribution in [1.82, 2.24) is 14.5 Å². The molecule has 0 bridgehead atoms. The maximum Gasteiger partial charge on any atom is 0.264 e. The number of nitrogens with zero attached hydrogens (tertiary/aromatic N) is 3. The summed E-state index contributed by atoms with van der Waals surface area (Å²) in [4.78, 5) is 33.9. The number of carbonyl (C=O) groups excluding carboxylic acids is 1. The van der Waals surface area contributed by atoms with Gasteiger partial charge in [-0.25, -0.2) is 4.98 Å². The van der Waals surface area contributed by atoms with E-state index in [1.54, 1.807) is 11.9 Å². The Hall–Kier alpha value is -1.99. The maximum atomic E-state index is 13.1. The average Bonchev–Trinajstić information content (AvgIpc) is 2.85. The second kappa shape index (κ2) is 7.79. The highest BCUT2D eigenvalue weighted by atomic mass is 79.9. The third kappa shape index (κ3) is 3.53. The molecule has 3 heterocycles. The van der Waals surface area contributed by atoms with E-state index < -0.39 is 0 Å². The number of carbonyl (C=O) groups is 1. The van der Waals surface area contributed by atoms with E-state index in [2.05, 4.69) is 15.9 Å². The fourth-order valence-electron chi connectivity index (χ4n) is 3.72. The fraction of sp³-hybridized carbons (Fsp3) is 0.381. The Morgan fingerprint density at radius 3 is 2.75 bits per heavy atom. The van der Waals surface area contributed by atoms with E-state index in [1.807, 2.05) is 35.8 Å². The molecule has 0 atom stereocenters. The van der Waals surface area contributed by atoms with Crippen LogP contribution >= 0.6 is 27.3 Å². The highest BCUT2D eigenvalue weighted by Gasteiger charge is 2.24. The number of fused-ring (bicyclic) bond motifs is 2. The van der Waals surface area contributed by atoms with Crippen molar-refractivity contribution in [2.75, 3.05) is 7.05 Å². The van der Waals surface area contributed by atoms with E-state index in [4.69, 9.17) is 4.98 Å². The number of rotatable bonds is 3. The Labute approximate surface area is 176 Å². The molecule has 0 aliphatic carbocycles. The number of hydrogen-bond acceptors (Lipinski definition) is 4. The zero-order chi connectivity index (χ0) is 19.8. The smallest absolute Gasteiger partial charge is 0.264 e. The number of thiophene rings is 1. The summed E-state index contributed by atoms with van der Waals surface area (Å²) >= 11 is 4.77. The van der Waals surface area contributed by atoms with Gasteiger partial charge in [0.05, 0.1) is 10.3 Å². The number of aryl methyl sites for hydroxylation is 2. The zero-order valence-electron chi connectivity index (χ0n) is 16.0. The number of aromatic nitrogens is 2. The molecule has 0 N–H and O–H groups in total. The van der Waals surface area contributed by atoms with Crippen LogP contribution < -0.4 is 5.56 Å². The first-order chi connectivity index (χ1) is 13.5. The highest BCUT2D eigenvalue weighted by molar-refractivity contribution is 9.10. The minimum Gasteiger partial charge on any atom is -0.337 e. The van der Waals surface area contributed by atoms with Gasteiger partial charge in [-0.15, -0.1) is 11.3 Å². The van der Waals surface area contributed by atoms with Gasteiger partial charge in [0.15, 0.2) is 0 Å². The van der Waals surface area contributed by atoms with E-state index in [9.17, 15) is 9.59 Å². The van der Waals surface area contributed by atoms with Gasteiger partial charge < -0.3 is 4.90 Å². The fourth-order valence-corrected chi connectivity index (χ4v) is 5.17. The molecule has 2 aromatic heterocycles. The molecule has 7 heteroatoms. The van der Waals surface area contributed by atoms with Crippen molar-refractivity contribution in [3.05, 3.63) is 60.9 Å². The van der Waals surface area contributed by atoms with Crippen LogP contribution in [0.5, 0.6) is 0 Å². The predicted octanol–water partition coefficient (Wildman–Crippen LogP) is 4.53. The van der Waals surface area contributed by atoms with Crippen molar-refractivity contribution in [3.8, 4) is 0 Å². The summed E-state index contributed by atoms with van der Waals surface area (Å²) < 4.78 is 2.83. The molecule has 146 valence electrons. The number of hydrogen-bond donors (Lipinski definition) is 0. The van der Waals surface area contributed by atoms with Crippen molar-refractivity contribution in [1.29, 1.82) is 0 Å². The summed E-state index contributed by atoms with van der Waals surface area (Å²) in [7, 11) is 1.80. The van der Waals surface area contributed by atoms with Crippen LogP contribution in [0, 0.1) is 6.92 Å². The SMILES string of the molecule is Cc1c(C(=O)N(C)Cc2ccc(Br)cc2)sc2nc3n(c(=O)c12)CCCCC3. The van der Waals surface area contributed by atoms with Gasteiger partial charge in [0, 0.05) is 31.0 Å². The summed E-state index contributed by atoms with van der Waals surface area (Å²) in [5.41, 5.74) is 1.82. The first-order valence-corrected chi connectivity index (χ1v) is 11.1. The quantitative estimate of drug-likeness (QED) is 0.577. The Morgan fingerprint density at radius 1 is 1.25 bits per heavy atom. The molecular weight excluding hydrogens is 438 g/mol. The lowest BCUT2D eigenvalue weighted by atomic mass is 10.1. The van der Waals surface area contributed by atoms with E-state index in [0.29, 0.717) is 21.6 Å². The molecule has 1 aliphatic rings. The minimum atomic E-state index is -0.0667. The van der Waals surface area contributed by atoms with Gasteiger partial charge in [-0.3, -0.25) is 14.2 Å². The summed E-state index contributed by atoms with van der Waals surface area (Å²) in [5, 5.41) is 0.607. The molecule has 0 saturated carbocycles. The molecule has 1 amide bonds. The largest absolute Gasteiger partial charge is 0.337 e. The second-order valence-electron chi connectivity index (χ2n) is 7.32. The van der Waals surface area contributed by atoms with Crippen molar-refractivity contribution in [3.63, 3.8) is 0 Å². The van der Waals surface area contributed by atoms with Crippen LogP contribution in [0.25, 0.3) is 10.2 Å². The van der Waals surface area contributed by atoms with E-state index >= 15 is 0 Å². The third-order valence-corrected chi connectivity index (χ3v) is 6.99. The third-order valence-electron chi connectivity index (χ3n) is 5.29. The summed E-state index contributed by atoms with van der Waals surface area (Å²) in [6.07, 6.45) is 4.02. The standard InChI is InChI=1S/C21H22BrN3O2S/c1-13-17-19(23-16-6-4-3-5-11-25(16)20(17)26)28-18(13)21(27)24(2)12-14-7-9-15(22)10-8-14/h7-10H,3-6,11-12H2,1-2H3. The molecule has 0 spiro atoms. The van der Waals surface area contributed by atoms with E-state index in [1.165, 1.54) is 11.3 Å². The van der Waals surface area contributed by atoms with Gasteiger partial charge in [-0.2, -0.15) is 0 Å². The normalized spacial score (nSPS) is 14.0. The molecule has 1 aliphatic heterocycles. The molecule has 28 heavy (non-hydrogen) atoms. The molecule has 0 saturated heterocycles. The van der Waals surface area contributed by atoms with Crippen molar-refractivity contribution >= 4 is 43.4 Å². The maximum absolute atomic E-state index is 13.1.